The minimum Gasteiger partial charge on any atom is -0.394 e. The van der Waals surface area contributed by atoms with Crippen molar-refractivity contribution in [3.8, 4) is 0 Å². The number of ether oxygens (including phenoxy) is 1. The van der Waals surface area contributed by atoms with Crippen LogP contribution in [0.1, 0.15) is 12.8 Å². The van der Waals surface area contributed by atoms with E-state index in [2.05, 4.69) is 15.6 Å². The van der Waals surface area contributed by atoms with Crippen molar-refractivity contribution >= 4 is 11.6 Å². The van der Waals surface area contributed by atoms with Crippen molar-refractivity contribution in [2.24, 2.45) is 0 Å². The fourth-order valence-electron chi connectivity index (χ4n) is 2.00. The molecule has 0 radical (unpaired) electrons. The largest absolute Gasteiger partial charge is 0.394 e. The summed E-state index contributed by atoms with van der Waals surface area (Å²) in [6, 6.07) is 5.75. The van der Waals surface area contributed by atoms with Crippen LogP contribution >= 0.6 is 0 Å². The molecule has 1 aliphatic heterocycles. The van der Waals surface area contributed by atoms with Crippen molar-refractivity contribution in [2.45, 2.75) is 18.4 Å². The molecule has 1 aromatic heterocycles. The van der Waals surface area contributed by atoms with Crippen LogP contribution in [0.5, 0.6) is 0 Å². The summed E-state index contributed by atoms with van der Waals surface area (Å²) < 4.78 is 5.33. The van der Waals surface area contributed by atoms with Gasteiger partial charge in [-0.2, -0.15) is 0 Å². The van der Waals surface area contributed by atoms with Gasteiger partial charge in [0.25, 0.3) is 0 Å². The van der Waals surface area contributed by atoms with Crippen molar-refractivity contribution < 1.29 is 9.84 Å². The van der Waals surface area contributed by atoms with E-state index >= 15 is 0 Å². The average Bonchev–Trinajstić information content (AvgIpc) is 2.40. The fourth-order valence-corrected chi connectivity index (χ4v) is 2.00. The van der Waals surface area contributed by atoms with E-state index in [1.165, 1.54) is 0 Å². The zero-order chi connectivity index (χ0) is 12.1. The van der Waals surface area contributed by atoms with Crippen molar-refractivity contribution in [2.75, 3.05) is 37.5 Å². The van der Waals surface area contributed by atoms with E-state index in [0.29, 0.717) is 13.2 Å². The first-order valence-corrected chi connectivity index (χ1v) is 5.90. The molecule has 0 atom stereocenters. The summed E-state index contributed by atoms with van der Waals surface area (Å²) in [6.07, 6.45) is 1.60. The highest BCUT2D eigenvalue weighted by atomic mass is 16.5. The minimum atomic E-state index is -0.294. The van der Waals surface area contributed by atoms with Gasteiger partial charge in [0.05, 0.1) is 12.1 Å². The Morgan fingerprint density at radius 2 is 2.06 bits per heavy atom. The quantitative estimate of drug-likeness (QED) is 0.731. The number of hydrogen-bond donors (Lipinski definition) is 3. The Morgan fingerprint density at radius 3 is 2.71 bits per heavy atom. The highest BCUT2D eigenvalue weighted by Crippen LogP contribution is 2.25. The number of aliphatic hydroxyl groups is 1. The number of rotatable bonds is 4. The number of nitrogens with one attached hydrogen (secondary N) is 2. The number of aromatic nitrogens is 1. The normalized spacial score (nSPS) is 18.7. The summed E-state index contributed by atoms with van der Waals surface area (Å²) in [5.41, 5.74) is -0.294. The summed E-state index contributed by atoms with van der Waals surface area (Å²) in [6.45, 7) is 1.46. The summed E-state index contributed by atoms with van der Waals surface area (Å²) in [5.74, 6) is 1.60. The molecule has 1 aliphatic rings. The maximum atomic E-state index is 9.57. The standard InChI is InChI=1S/C12H19N3O2/c1-13-10-3-2-4-11(14-10)15-12(9-16)5-7-17-8-6-12/h2-4,16H,5-9H2,1H3,(H2,13,14,15). The molecule has 0 amide bonds. The van der Waals surface area contributed by atoms with Gasteiger partial charge in [-0.15, -0.1) is 0 Å². The smallest absolute Gasteiger partial charge is 0.128 e. The first-order valence-electron chi connectivity index (χ1n) is 5.90. The van der Waals surface area contributed by atoms with Gasteiger partial charge in [0.2, 0.25) is 0 Å². The van der Waals surface area contributed by atoms with Gasteiger partial charge in [-0.1, -0.05) is 6.07 Å². The summed E-state index contributed by atoms with van der Waals surface area (Å²) in [5, 5.41) is 15.9. The molecule has 2 rings (SSSR count). The van der Waals surface area contributed by atoms with E-state index in [1.54, 1.807) is 0 Å². The van der Waals surface area contributed by atoms with Crippen molar-refractivity contribution in [3.63, 3.8) is 0 Å². The summed E-state index contributed by atoms with van der Waals surface area (Å²) in [7, 11) is 1.84. The van der Waals surface area contributed by atoms with Crippen molar-refractivity contribution in [3.05, 3.63) is 18.2 Å². The van der Waals surface area contributed by atoms with Gasteiger partial charge in [0.1, 0.15) is 11.6 Å². The lowest BCUT2D eigenvalue weighted by molar-refractivity contribution is 0.0378. The highest BCUT2D eigenvalue weighted by molar-refractivity contribution is 5.46. The van der Waals surface area contributed by atoms with Crippen LogP contribution in [0.3, 0.4) is 0 Å². The lowest BCUT2D eigenvalue weighted by Gasteiger charge is -2.36. The molecule has 1 fully saturated rings. The van der Waals surface area contributed by atoms with Gasteiger partial charge in [-0.05, 0) is 25.0 Å². The molecule has 1 saturated heterocycles. The average molecular weight is 237 g/mol. The van der Waals surface area contributed by atoms with E-state index in [9.17, 15) is 5.11 Å². The van der Waals surface area contributed by atoms with Crippen LogP contribution in [0.25, 0.3) is 0 Å². The molecule has 0 aliphatic carbocycles. The van der Waals surface area contributed by atoms with Gasteiger partial charge < -0.3 is 20.5 Å². The second kappa shape index (κ2) is 5.33. The topological polar surface area (TPSA) is 66.4 Å². The molecule has 0 unspecified atom stereocenters. The predicted octanol–water partition coefficient (Wildman–Crippen LogP) is 1.08. The molecule has 17 heavy (non-hydrogen) atoms. The number of anilines is 2. The van der Waals surface area contributed by atoms with E-state index in [4.69, 9.17) is 4.74 Å². The second-order valence-corrected chi connectivity index (χ2v) is 4.33. The first-order chi connectivity index (χ1) is 8.28. The Labute approximate surface area is 101 Å². The van der Waals surface area contributed by atoms with Crippen LogP contribution < -0.4 is 10.6 Å². The Kier molecular flexibility index (Phi) is 3.81. The summed E-state index contributed by atoms with van der Waals surface area (Å²) in [4.78, 5) is 4.40. The summed E-state index contributed by atoms with van der Waals surface area (Å²) >= 11 is 0. The molecule has 1 aromatic rings. The van der Waals surface area contributed by atoms with Crippen molar-refractivity contribution in [1.29, 1.82) is 0 Å². The van der Waals surface area contributed by atoms with Crippen LogP contribution in [0.15, 0.2) is 18.2 Å². The molecule has 0 spiro atoms. The number of pyridine rings is 1. The van der Waals surface area contributed by atoms with Gasteiger partial charge in [-0.25, -0.2) is 4.98 Å². The van der Waals surface area contributed by atoms with E-state index in [-0.39, 0.29) is 12.1 Å². The van der Waals surface area contributed by atoms with Crippen LogP contribution in [0, 0.1) is 0 Å². The molecule has 5 heteroatoms. The van der Waals surface area contributed by atoms with Crippen molar-refractivity contribution in [1.82, 2.24) is 4.98 Å². The maximum absolute atomic E-state index is 9.57. The molecule has 0 bridgehead atoms. The third-order valence-electron chi connectivity index (χ3n) is 3.15. The Hall–Kier alpha value is -1.33. The maximum Gasteiger partial charge on any atom is 0.128 e. The minimum absolute atomic E-state index is 0.0990. The molecule has 5 nitrogen and oxygen atoms in total. The zero-order valence-electron chi connectivity index (χ0n) is 10.1. The molecule has 0 saturated carbocycles. The van der Waals surface area contributed by atoms with Crippen LogP contribution in [-0.2, 0) is 4.74 Å². The molecule has 94 valence electrons. The third kappa shape index (κ3) is 2.87. The van der Waals surface area contributed by atoms with E-state index < -0.39 is 0 Å². The van der Waals surface area contributed by atoms with Gasteiger partial charge in [0.15, 0.2) is 0 Å². The monoisotopic (exact) mass is 237 g/mol. The lowest BCUT2D eigenvalue weighted by atomic mass is 9.91. The number of hydrogen-bond acceptors (Lipinski definition) is 5. The van der Waals surface area contributed by atoms with Gasteiger partial charge in [0, 0.05) is 20.3 Å². The second-order valence-electron chi connectivity index (χ2n) is 4.33. The zero-order valence-corrected chi connectivity index (χ0v) is 10.1. The van der Waals surface area contributed by atoms with Crippen LogP contribution in [0.4, 0.5) is 11.6 Å². The van der Waals surface area contributed by atoms with Crippen LogP contribution in [-0.4, -0.2) is 42.5 Å². The predicted molar refractivity (Wildman–Crippen MR) is 67.3 cm³/mol. The highest BCUT2D eigenvalue weighted by Gasteiger charge is 2.32. The molecular weight excluding hydrogens is 218 g/mol. The SMILES string of the molecule is CNc1cccc(NC2(CO)CCOCC2)n1. The number of nitrogens with zero attached hydrogens (tertiary/aromatic N) is 1. The molecular formula is C12H19N3O2. The first kappa shape index (κ1) is 12.1. The Balaban J connectivity index is 2.11. The molecule has 0 aromatic carbocycles. The fraction of sp³-hybridized carbons (Fsp3) is 0.583. The number of aliphatic hydroxyl groups excluding tert-OH is 1. The Morgan fingerprint density at radius 1 is 1.35 bits per heavy atom. The van der Waals surface area contributed by atoms with Gasteiger partial charge in [-0.3, -0.25) is 0 Å². The Bertz CT molecular complexity index is 365. The molecule has 2 heterocycles. The van der Waals surface area contributed by atoms with Gasteiger partial charge >= 0.3 is 0 Å². The lowest BCUT2D eigenvalue weighted by Crippen LogP contribution is -2.47. The third-order valence-corrected chi connectivity index (χ3v) is 3.15. The van der Waals surface area contributed by atoms with E-state index in [0.717, 1.165) is 24.5 Å². The van der Waals surface area contributed by atoms with E-state index in [1.807, 2.05) is 25.2 Å². The van der Waals surface area contributed by atoms with Crippen LogP contribution in [0.2, 0.25) is 0 Å². The molecule has 3 N–H and O–H groups in total.